The molecule has 1 aliphatic heterocycles. The summed E-state index contributed by atoms with van der Waals surface area (Å²) in [4.78, 5) is 44.8. The van der Waals surface area contributed by atoms with Crippen LogP contribution in [-0.2, 0) is 29.2 Å². The molecule has 0 spiro atoms. The molecule has 0 bridgehead atoms. The molecule has 0 radical (unpaired) electrons. The van der Waals surface area contributed by atoms with Crippen LogP contribution in [0.1, 0.15) is 93.1 Å². The molecule has 0 aliphatic carbocycles. The Bertz CT molecular complexity index is 2420. The second-order valence-electron chi connectivity index (χ2n) is 13.8. The van der Waals surface area contributed by atoms with Gasteiger partial charge in [-0.15, -0.1) is 0 Å². The molecule has 1 N–H and O–H groups in total. The molecule has 0 fully saturated rings. The van der Waals surface area contributed by atoms with Crippen molar-refractivity contribution in [3.63, 3.8) is 0 Å². The van der Waals surface area contributed by atoms with Gasteiger partial charge in [-0.05, 0) is 90.6 Å². The van der Waals surface area contributed by atoms with Gasteiger partial charge in [-0.2, -0.15) is 18.3 Å². The van der Waals surface area contributed by atoms with Crippen LogP contribution in [0.2, 0.25) is 5.02 Å². The Balaban J connectivity index is 1.39. The van der Waals surface area contributed by atoms with Crippen LogP contribution in [0.5, 0.6) is 0 Å². The second-order valence-corrected chi connectivity index (χ2v) is 15.9. The highest BCUT2D eigenvalue weighted by molar-refractivity contribution is 7.90. The van der Waals surface area contributed by atoms with Crippen LogP contribution in [0, 0.1) is 6.92 Å². The normalized spacial score (nSPS) is 13.1. The number of alkyl halides is 3. The summed E-state index contributed by atoms with van der Waals surface area (Å²) in [5.41, 5.74) is 0.288. The lowest BCUT2D eigenvalue weighted by Crippen LogP contribution is -2.37. The van der Waals surface area contributed by atoms with Crippen molar-refractivity contribution in [2.45, 2.75) is 70.5 Å². The maximum Gasteiger partial charge on any atom is 0.416 e. The van der Waals surface area contributed by atoms with Crippen molar-refractivity contribution < 1.29 is 36.0 Å². The molecule has 10 nitrogen and oxygen atoms in total. The largest absolute Gasteiger partial charge is 0.416 e. The van der Waals surface area contributed by atoms with Crippen LogP contribution in [0.15, 0.2) is 83.8 Å². The van der Waals surface area contributed by atoms with E-state index in [-0.39, 0.29) is 57.8 Å². The Morgan fingerprint density at radius 2 is 1.59 bits per heavy atom. The van der Waals surface area contributed by atoms with E-state index in [0.29, 0.717) is 35.3 Å². The topological polar surface area (TPSA) is 122 Å². The van der Waals surface area contributed by atoms with Gasteiger partial charge in [0, 0.05) is 31.7 Å². The molecule has 15 heteroatoms. The summed E-state index contributed by atoms with van der Waals surface area (Å²) in [6.07, 6.45) is -1.04. The predicted molar refractivity (Wildman–Crippen MR) is 208 cm³/mol. The van der Waals surface area contributed by atoms with Crippen molar-refractivity contribution in [1.29, 1.82) is 0 Å². The van der Waals surface area contributed by atoms with E-state index in [0.717, 1.165) is 43.2 Å². The minimum atomic E-state index is -4.59. The Morgan fingerprint density at radius 3 is 2.27 bits per heavy atom. The molecule has 0 atom stereocenters. The number of rotatable bonds is 12. The first-order valence-corrected chi connectivity index (χ1v) is 20.2. The van der Waals surface area contributed by atoms with E-state index >= 15 is 0 Å². The zero-order valence-corrected chi connectivity index (χ0v) is 32.7. The molecule has 6 rings (SSSR count). The highest BCUT2D eigenvalue weighted by Gasteiger charge is 2.33. The van der Waals surface area contributed by atoms with Crippen LogP contribution in [0.4, 0.5) is 13.2 Å². The van der Waals surface area contributed by atoms with E-state index in [4.69, 9.17) is 11.6 Å². The maximum atomic E-state index is 14.5. The first kappa shape index (κ1) is 40.5. The third kappa shape index (κ3) is 8.46. The smallest absolute Gasteiger partial charge is 0.337 e. The van der Waals surface area contributed by atoms with Gasteiger partial charge < -0.3 is 9.80 Å². The number of nitrogens with zero attached hydrogens (tertiary/aromatic N) is 4. The number of aromatic nitrogens is 2. The van der Waals surface area contributed by atoms with E-state index in [1.807, 2.05) is 26.0 Å². The lowest BCUT2D eigenvalue weighted by Gasteiger charge is -2.30. The number of hydrogen-bond acceptors (Lipinski definition) is 6. The number of nitrogens with one attached hydrogen (secondary N) is 1. The third-order valence-electron chi connectivity index (χ3n) is 9.90. The summed E-state index contributed by atoms with van der Waals surface area (Å²) < 4.78 is 71.1. The highest BCUT2D eigenvalue weighted by atomic mass is 35.5. The molecule has 1 aromatic heterocycles. The van der Waals surface area contributed by atoms with E-state index in [1.165, 1.54) is 46.0 Å². The first-order valence-electron chi connectivity index (χ1n) is 18.4. The summed E-state index contributed by atoms with van der Waals surface area (Å²) in [7, 11) is -4.37. The van der Waals surface area contributed by atoms with Crippen LogP contribution in [0.3, 0.4) is 0 Å². The lowest BCUT2D eigenvalue weighted by molar-refractivity contribution is -0.137. The Morgan fingerprint density at radius 1 is 0.893 bits per heavy atom. The van der Waals surface area contributed by atoms with Gasteiger partial charge in [0.2, 0.25) is 0 Å². The zero-order chi connectivity index (χ0) is 40.4. The Hall–Kier alpha value is -5.21. The lowest BCUT2D eigenvalue weighted by atomic mass is 9.96. The second kappa shape index (κ2) is 16.5. The molecule has 1 aliphatic rings. The molecule has 0 saturated heterocycles. The quantitative estimate of drug-likeness (QED) is 0.135. The SMILES string of the molecule is CCCCN(CCCC)C(=O)c1nn(-c2ccc(C(=O)NS(=O)(=O)c3ccc4ccccc4c3)cc2C(=O)N2CCc3ccc(C(F)(F)F)cc3C2)c(C)c1Cl. The van der Waals surface area contributed by atoms with Gasteiger partial charge in [-0.25, -0.2) is 17.8 Å². The third-order valence-corrected chi connectivity index (χ3v) is 11.7. The number of carbonyl (C=O) groups excluding carboxylic acids is 3. The molecule has 3 amide bonds. The molecule has 0 saturated carbocycles. The fourth-order valence-corrected chi connectivity index (χ4v) is 7.91. The van der Waals surface area contributed by atoms with Crippen molar-refractivity contribution in [1.82, 2.24) is 24.3 Å². The maximum absolute atomic E-state index is 14.5. The van der Waals surface area contributed by atoms with Crippen molar-refractivity contribution in [2.24, 2.45) is 0 Å². The van der Waals surface area contributed by atoms with Crippen LogP contribution in [-0.4, -0.2) is 65.4 Å². The number of carbonyl (C=O) groups is 3. The molecule has 2 heterocycles. The van der Waals surface area contributed by atoms with Crippen LogP contribution >= 0.6 is 11.6 Å². The first-order chi connectivity index (χ1) is 26.6. The van der Waals surface area contributed by atoms with E-state index in [9.17, 15) is 36.0 Å². The van der Waals surface area contributed by atoms with Crippen LogP contribution in [0.25, 0.3) is 16.5 Å². The van der Waals surface area contributed by atoms with Crippen molar-refractivity contribution in [3.8, 4) is 5.69 Å². The molecule has 4 aromatic carbocycles. The van der Waals surface area contributed by atoms with Gasteiger partial charge >= 0.3 is 6.18 Å². The Labute approximate surface area is 328 Å². The number of benzene rings is 4. The van der Waals surface area contributed by atoms with Crippen molar-refractivity contribution in [2.75, 3.05) is 19.6 Å². The molecular formula is C41H41ClF3N5O5S. The van der Waals surface area contributed by atoms with Crippen LogP contribution < -0.4 is 4.72 Å². The molecule has 0 unspecified atom stereocenters. The number of unbranched alkanes of at least 4 members (excludes halogenated alkanes) is 2. The predicted octanol–water partition coefficient (Wildman–Crippen LogP) is 8.37. The fraction of sp³-hybridized carbons (Fsp3) is 0.317. The van der Waals surface area contributed by atoms with Gasteiger partial charge in [0.1, 0.15) is 0 Å². The fourth-order valence-electron chi connectivity index (χ4n) is 6.70. The molecule has 5 aromatic rings. The van der Waals surface area contributed by atoms with E-state index in [2.05, 4.69) is 9.82 Å². The summed E-state index contributed by atoms with van der Waals surface area (Å²) in [6.45, 7) is 6.65. The minimum absolute atomic E-state index is 0.0235. The summed E-state index contributed by atoms with van der Waals surface area (Å²) in [5.74, 6) is -2.05. The molecular weight excluding hydrogens is 767 g/mol. The van der Waals surface area contributed by atoms with Gasteiger partial charge in [0.05, 0.1) is 32.4 Å². The summed E-state index contributed by atoms with van der Waals surface area (Å²) >= 11 is 6.76. The number of amides is 3. The monoisotopic (exact) mass is 807 g/mol. The van der Waals surface area contributed by atoms with Gasteiger partial charge in [0.15, 0.2) is 5.69 Å². The van der Waals surface area contributed by atoms with Crippen molar-refractivity contribution in [3.05, 3.63) is 123 Å². The number of hydrogen-bond donors (Lipinski definition) is 1. The average molecular weight is 808 g/mol. The number of halogens is 4. The zero-order valence-electron chi connectivity index (χ0n) is 31.1. The molecule has 56 heavy (non-hydrogen) atoms. The van der Waals surface area contributed by atoms with Crippen molar-refractivity contribution >= 4 is 50.1 Å². The standard InChI is InChI=1S/C41H41ClF3N5O5S/c1-4-6-19-48(20-7-5-2)40(53)37-36(42)26(3)50(46-37)35-17-14-30(38(51)47-56(54,55)33-16-13-27-10-8-9-11-29(27)23-33)24-34(35)39(52)49-21-18-28-12-15-32(41(43,44)45)22-31(28)25-49/h8-17,22-24H,4-7,18-21,25H2,1-3H3,(H,47,51). The summed E-state index contributed by atoms with van der Waals surface area (Å²) in [5, 5.41) is 6.10. The van der Waals surface area contributed by atoms with Gasteiger partial charge in [0.25, 0.3) is 27.7 Å². The average Bonchev–Trinajstić information content (AvgIpc) is 3.48. The molecule has 294 valence electrons. The van der Waals surface area contributed by atoms with E-state index < -0.39 is 33.6 Å². The Kier molecular flexibility index (Phi) is 11.9. The summed E-state index contributed by atoms with van der Waals surface area (Å²) in [6, 6.07) is 19.0. The number of sulfonamides is 1. The van der Waals surface area contributed by atoms with Gasteiger partial charge in [-0.3, -0.25) is 14.4 Å². The van der Waals surface area contributed by atoms with E-state index in [1.54, 1.807) is 30.0 Å². The highest BCUT2D eigenvalue weighted by Crippen LogP contribution is 2.33. The van der Waals surface area contributed by atoms with Gasteiger partial charge in [-0.1, -0.05) is 74.7 Å². The number of fused-ring (bicyclic) bond motifs is 2. The minimum Gasteiger partial charge on any atom is -0.337 e.